The van der Waals surface area contributed by atoms with Crippen LogP contribution in [-0.2, 0) is 0 Å². The summed E-state index contributed by atoms with van der Waals surface area (Å²) in [5.74, 6) is -0.0798. The molecular weight excluding hydrogens is 276 g/mol. The van der Waals surface area contributed by atoms with E-state index in [0.29, 0.717) is 5.69 Å². The quantitative estimate of drug-likeness (QED) is 0.846. The van der Waals surface area contributed by atoms with Crippen molar-refractivity contribution < 1.29 is 14.7 Å². The van der Waals surface area contributed by atoms with Crippen molar-refractivity contribution in [2.45, 2.75) is 19.4 Å². The summed E-state index contributed by atoms with van der Waals surface area (Å²) in [5, 5.41) is 11.7. The van der Waals surface area contributed by atoms with Crippen LogP contribution in [-0.4, -0.2) is 47.1 Å². The molecule has 0 spiro atoms. The van der Waals surface area contributed by atoms with Gasteiger partial charge >= 0.3 is 12.0 Å². The number of amides is 2. The normalized spacial score (nSPS) is 11.8. The van der Waals surface area contributed by atoms with Crippen LogP contribution in [0.1, 0.15) is 23.7 Å². The number of nitrogens with zero attached hydrogens (tertiary/aromatic N) is 1. The number of urea groups is 1. The number of hydrogen-bond acceptors (Lipinski definition) is 3. The average Bonchev–Trinajstić information content (AvgIpc) is 2.44. The lowest BCUT2D eigenvalue weighted by Gasteiger charge is -2.25. The monoisotopic (exact) mass is 296 g/mol. The number of thioether (sulfide) groups is 1. The second kappa shape index (κ2) is 7.79. The van der Waals surface area contributed by atoms with Crippen LogP contribution in [0.15, 0.2) is 24.3 Å². The first-order chi connectivity index (χ1) is 9.47. The first kappa shape index (κ1) is 16.4. The molecule has 0 heterocycles. The fourth-order valence-corrected chi connectivity index (χ4v) is 2.24. The summed E-state index contributed by atoms with van der Waals surface area (Å²) < 4.78 is 0. The second-order valence-electron chi connectivity index (χ2n) is 4.52. The zero-order valence-corrected chi connectivity index (χ0v) is 12.7. The highest BCUT2D eigenvalue weighted by molar-refractivity contribution is 7.98. The second-order valence-corrected chi connectivity index (χ2v) is 5.51. The number of carbonyl (C=O) groups is 2. The minimum absolute atomic E-state index is 0.0889. The van der Waals surface area contributed by atoms with Crippen molar-refractivity contribution in [1.29, 1.82) is 0 Å². The van der Waals surface area contributed by atoms with E-state index < -0.39 is 5.97 Å². The Morgan fingerprint density at radius 1 is 1.40 bits per heavy atom. The van der Waals surface area contributed by atoms with Gasteiger partial charge in [0, 0.05) is 13.1 Å². The molecule has 20 heavy (non-hydrogen) atoms. The Morgan fingerprint density at radius 3 is 2.65 bits per heavy atom. The maximum absolute atomic E-state index is 12.1. The van der Waals surface area contributed by atoms with E-state index in [1.807, 2.05) is 13.2 Å². The number of para-hydroxylation sites is 1. The summed E-state index contributed by atoms with van der Waals surface area (Å²) in [7, 11) is 1.71. The molecule has 0 aromatic heterocycles. The number of rotatable bonds is 6. The number of nitrogens with one attached hydrogen (secondary N) is 1. The molecule has 1 rings (SSSR count). The number of carbonyl (C=O) groups excluding carboxylic acids is 1. The van der Waals surface area contributed by atoms with Gasteiger partial charge in [0.25, 0.3) is 0 Å². The zero-order valence-electron chi connectivity index (χ0n) is 11.9. The standard InChI is InChI=1S/C14H20N2O3S/c1-10(8-9-20-3)16(2)14(19)15-12-7-5-4-6-11(12)13(17)18/h4-7,10H,8-9H2,1-3H3,(H,15,19)(H,17,18). The Balaban J connectivity index is 2.73. The summed E-state index contributed by atoms with van der Waals surface area (Å²) in [5.41, 5.74) is 0.403. The predicted molar refractivity (Wildman–Crippen MR) is 82.6 cm³/mol. The highest BCUT2D eigenvalue weighted by atomic mass is 32.2. The van der Waals surface area contributed by atoms with Gasteiger partial charge in [-0.15, -0.1) is 0 Å². The van der Waals surface area contributed by atoms with Crippen molar-refractivity contribution in [3.63, 3.8) is 0 Å². The maximum atomic E-state index is 12.1. The van der Waals surface area contributed by atoms with Gasteiger partial charge in [0.15, 0.2) is 0 Å². The Hall–Kier alpha value is -1.69. The fourth-order valence-electron chi connectivity index (χ4n) is 1.66. The number of carboxylic acids is 1. The van der Waals surface area contributed by atoms with Crippen molar-refractivity contribution in [2.75, 3.05) is 24.4 Å². The van der Waals surface area contributed by atoms with Crippen molar-refractivity contribution in [3.8, 4) is 0 Å². The summed E-state index contributed by atoms with van der Waals surface area (Å²) in [4.78, 5) is 24.8. The van der Waals surface area contributed by atoms with Gasteiger partial charge in [-0.25, -0.2) is 9.59 Å². The first-order valence-corrected chi connectivity index (χ1v) is 7.71. The van der Waals surface area contributed by atoms with Gasteiger partial charge in [-0.2, -0.15) is 11.8 Å². The van der Waals surface area contributed by atoms with Crippen molar-refractivity contribution >= 4 is 29.4 Å². The first-order valence-electron chi connectivity index (χ1n) is 6.32. The smallest absolute Gasteiger partial charge is 0.337 e. The molecule has 2 amide bonds. The van der Waals surface area contributed by atoms with Crippen LogP contribution < -0.4 is 5.32 Å². The number of anilines is 1. The van der Waals surface area contributed by atoms with E-state index in [1.54, 1.807) is 41.9 Å². The molecule has 0 radical (unpaired) electrons. The van der Waals surface area contributed by atoms with E-state index in [9.17, 15) is 9.59 Å². The molecule has 6 heteroatoms. The maximum Gasteiger partial charge on any atom is 0.337 e. The van der Waals surface area contributed by atoms with Gasteiger partial charge in [0.1, 0.15) is 0 Å². The van der Waals surface area contributed by atoms with Crippen molar-refractivity contribution in [3.05, 3.63) is 29.8 Å². The molecule has 1 aromatic carbocycles. The molecule has 0 aliphatic rings. The third kappa shape index (κ3) is 4.45. The molecule has 0 fully saturated rings. The van der Waals surface area contributed by atoms with E-state index in [2.05, 4.69) is 5.32 Å². The highest BCUT2D eigenvalue weighted by Gasteiger charge is 2.17. The number of aromatic carboxylic acids is 1. The Bertz CT molecular complexity index is 479. The van der Waals surface area contributed by atoms with Crippen LogP contribution in [0.4, 0.5) is 10.5 Å². The molecule has 5 nitrogen and oxygen atoms in total. The number of hydrogen-bond donors (Lipinski definition) is 2. The Labute approximate surface area is 123 Å². The van der Waals surface area contributed by atoms with Crippen molar-refractivity contribution in [1.82, 2.24) is 4.90 Å². The van der Waals surface area contributed by atoms with Gasteiger partial charge in [0.2, 0.25) is 0 Å². The topological polar surface area (TPSA) is 69.6 Å². The lowest BCUT2D eigenvalue weighted by atomic mass is 10.2. The molecule has 0 aliphatic carbocycles. The highest BCUT2D eigenvalue weighted by Crippen LogP contribution is 2.16. The lowest BCUT2D eigenvalue weighted by Crippen LogP contribution is -2.38. The molecular formula is C14H20N2O3S. The van der Waals surface area contributed by atoms with Crippen molar-refractivity contribution in [2.24, 2.45) is 0 Å². The largest absolute Gasteiger partial charge is 0.478 e. The molecule has 0 saturated heterocycles. The lowest BCUT2D eigenvalue weighted by molar-refractivity contribution is 0.0698. The van der Waals surface area contributed by atoms with Crippen LogP contribution in [0.3, 0.4) is 0 Å². The van der Waals surface area contributed by atoms with E-state index in [4.69, 9.17) is 5.11 Å². The Morgan fingerprint density at radius 2 is 2.05 bits per heavy atom. The van der Waals surface area contributed by atoms with Gasteiger partial charge in [-0.1, -0.05) is 12.1 Å². The number of benzene rings is 1. The molecule has 1 unspecified atom stereocenters. The summed E-state index contributed by atoms with van der Waals surface area (Å²) >= 11 is 1.73. The van der Waals surface area contributed by atoms with E-state index >= 15 is 0 Å². The van der Waals surface area contributed by atoms with Crippen LogP contribution >= 0.6 is 11.8 Å². The molecule has 0 bridgehead atoms. The van der Waals surface area contributed by atoms with E-state index in [0.717, 1.165) is 12.2 Å². The predicted octanol–water partition coefficient (Wildman–Crippen LogP) is 2.99. The average molecular weight is 296 g/mol. The van der Waals surface area contributed by atoms with Crippen LogP contribution in [0, 0.1) is 0 Å². The van der Waals surface area contributed by atoms with Crippen LogP contribution in [0.25, 0.3) is 0 Å². The Kier molecular flexibility index (Phi) is 6.38. The van der Waals surface area contributed by atoms with Crippen LogP contribution in [0.5, 0.6) is 0 Å². The number of carboxylic acid groups (broad SMARTS) is 1. The third-order valence-electron chi connectivity index (χ3n) is 3.12. The van der Waals surface area contributed by atoms with E-state index in [-0.39, 0.29) is 17.6 Å². The third-order valence-corrected chi connectivity index (χ3v) is 3.76. The van der Waals surface area contributed by atoms with Gasteiger partial charge in [-0.3, -0.25) is 0 Å². The SMILES string of the molecule is CSCCC(C)N(C)C(=O)Nc1ccccc1C(=O)O. The van der Waals surface area contributed by atoms with E-state index in [1.165, 1.54) is 6.07 Å². The summed E-state index contributed by atoms with van der Waals surface area (Å²) in [6.07, 6.45) is 2.92. The fraction of sp³-hybridized carbons (Fsp3) is 0.429. The summed E-state index contributed by atoms with van der Waals surface area (Å²) in [6, 6.07) is 6.17. The minimum atomic E-state index is -1.06. The molecule has 0 saturated carbocycles. The van der Waals surface area contributed by atoms with Gasteiger partial charge in [0.05, 0.1) is 11.3 Å². The van der Waals surface area contributed by atoms with Gasteiger partial charge < -0.3 is 15.3 Å². The van der Waals surface area contributed by atoms with Crippen LogP contribution in [0.2, 0.25) is 0 Å². The molecule has 1 atom stereocenters. The molecule has 2 N–H and O–H groups in total. The van der Waals surface area contributed by atoms with Gasteiger partial charge in [-0.05, 0) is 37.5 Å². The minimum Gasteiger partial charge on any atom is -0.478 e. The zero-order chi connectivity index (χ0) is 15.1. The molecule has 110 valence electrons. The summed E-state index contributed by atoms with van der Waals surface area (Å²) in [6.45, 7) is 1.97. The molecule has 0 aliphatic heterocycles. The molecule has 1 aromatic rings.